The van der Waals surface area contributed by atoms with Crippen LogP contribution >= 0.6 is 0 Å². The van der Waals surface area contributed by atoms with E-state index in [0.717, 1.165) is 18.8 Å². The topological polar surface area (TPSA) is 71.8 Å². The van der Waals surface area contributed by atoms with Gasteiger partial charge in [-0.1, -0.05) is 6.92 Å². The van der Waals surface area contributed by atoms with Gasteiger partial charge in [0, 0.05) is 43.3 Å². The Balaban J connectivity index is 1.93. The minimum Gasteiger partial charge on any atom is -0.370 e. The Bertz CT molecular complexity index is 567. The van der Waals surface area contributed by atoms with Gasteiger partial charge in [0.05, 0.1) is 6.33 Å². The normalized spacial score (nSPS) is 11.9. The molecule has 0 aliphatic heterocycles. The van der Waals surface area contributed by atoms with Crippen molar-refractivity contribution in [3.8, 4) is 0 Å². The highest BCUT2D eigenvalue weighted by Crippen LogP contribution is 2.07. The molecule has 0 aliphatic rings. The fourth-order valence-corrected chi connectivity index (χ4v) is 1.99. The molecule has 0 fully saturated rings. The molecule has 0 spiro atoms. The lowest BCUT2D eigenvalue weighted by Crippen LogP contribution is -2.35. The number of amides is 1. The molecule has 112 valence electrons. The van der Waals surface area contributed by atoms with Crippen LogP contribution in [0, 0.1) is 0 Å². The van der Waals surface area contributed by atoms with E-state index in [4.69, 9.17) is 0 Å². The summed E-state index contributed by atoms with van der Waals surface area (Å²) in [6, 6.07) is 3.51. The molecule has 0 saturated heterocycles. The maximum absolute atomic E-state index is 12.2. The lowest BCUT2D eigenvalue weighted by atomic mass is 10.2. The van der Waals surface area contributed by atoms with Gasteiger partial charge in [0.15, 0.2) is 0 Å². The van der Waals surface area contributed by atoms with Gasteiger partial charge in [-0.3, -0.25) is 4.79 Å². The minimum absolute atomic E-state index is 0.0203. The maximum Gasteiger partial charge on any atom is 0.251 e. The number of hydrogen-bond acceptors (Lipinski definition) is 4. The van der Waals surface area contributed by atoms with Gasteiger partial charge in [-0.25, -0.2) is 9.97 Å². The molecule has 2 aromatic rings. The number of imidazole rings is 1. The van der Waals surface area contributed by atoms with Crippen LogP contribution in [0.3, 0.4) is 0 Å². The summed E-state index contributed by atoms with van der Waals surface area (Å²) in [7, 11) is 0. The minimum atomic E-state index is -0.0930. The smallest absolute Gasteiger partial charge is 0.251 e. The van der Waals surface area contributed by atoms with Gasteiger partial charge in [-0.15, -0.1) is 0 Å². The molecular weight excluding hydrogens is 266 g/mol. The molecule has 2 rings (SSSR count). The van der Waals surface area contributed by atoms with Crippen molar-refractivity contribution in [1.29, 1.82) is 0 Å². The monoisotopic (exact) mass is 287 g/mol. The summed E-state index contributed by atoms with van der Waals surface area (Å²) in [4.78, 5) is 20.4. The van der Waals surface area contributed by atoms with E-state index >= 15 is 0 Å². The van der Waals surface area contributed by atoms with Crippen molar-refractivity contribution in [2.24, 2.45) is 0 Å². The highest BCUT2D eigenvalue weighted by atomic mass is 16.1. The first-order valence-electron chi connectivity index (χ1n) is 7.15. The van der Waals surface area contributed by atoms with Gasteiger partial charge in [0.25, 0.3) is 5.91 Å². The molecule has 21 heavy (non-hydrogen) atoms. The Morgan fingerprint density at radius 1 is 1.43 bits per heavy atom. The molecule has 2 N–H and O–H groups in total. The third-order valence-electron chi connectivity index (χ3n) is 3.00. The summed E-state index contributed by atoms with van der Waals surface area (Å²) < 4.78 is 1.94. The van der Waals surface area contributed by atoms with Crippen LogP contribution in [0.25, 0.3) is 0 Å². The zero-order chi connectivity index (χ0) is 15.1. The average molecular weight is 287 g/mol. The second-order valence-electron chi connectivity index (χ2n) is 4.99. The van der Waals surface area contributed by atoms with Crippen LogP contribution in [0.15, 0.2) is 37.1 Å². The third-order valence-corrected chi connectivity index (χ3v) is 3.00. The van der Waals surface area contributed by atoms with Gasteiger partial charge >= 0.3 is 0 Å². The van der Waals surface area contributed by atoms with Crippen molar-refractivity contribution < 1.29 is 4.79 Å². The molecule has 2 aromatic heterocycles. The molecule has 0 bridgehead atoms. The first kappa shape index (κ1) is 15.0. The molecule has 1 amide bonds. The first-order valence-corrected chi connectivity index (χ1v) is 7.15. The van der Waals surface area contributed by atoms with Gasteiger partial charge in [0.2, 0.25) is 0 Å². The van der Waals surface area contributed by atoms with Crippen molar-refractivity contribution in [1.82, 2.24) is 19.9 Å². The summed E-state index contributed by atoms with van der Waals surface area (Å²) in [5.74, 6) is 0.635. The van der Waals surface area contributed by atoms with Crippen molar-refractivity contribution in [2.75, 3.05) is 11.9 Å². The Labute approximate surface area is 124 Å². The number of nitrogens with one attached hydrogen (secondary N) is 2. The molecule has 0 aromatic carbocycles. The number of anilines is 1. The zero-order valence-corrected chi connectivity index (χ0v) is 12.4. The molecule has 6 heteroatoms. The number of aromatic nitrogens is 3. The number of pyridine rings is 1. The predicted octanol–water partition coefficient (Wildman–Crippen LogP) is 1.92. The van der Waals surface area contributed by atoms with Crippen LogP contribution in [-0.2, 0) is 6.54 Å². The lowest BCUT2D eigenvalue weighted by molar-refractivity contribution is 0.0936. The molecule has 6 nitrogen and oxygen atoms in total. The van der Waals surface area contributed by atoms with Crippen LogP contribution in [0.2, 0.25) is 0 Å². The highest BCUT2D eigenvalue weighted by Gasteiger charge is 2.11. The fraction of sp³-hybridized carbons (Fsp3) is 0.400. The van der Waals surface area contributed by atoms with E-state index in [1.807, 2.05) is 17.7 Å². The fourth-order valence-electron chi connectivity index (χ4n) is 1.99. The summed E-state index contributed by atoms with van der Waals surface area (Å²) >= 11 is 0. The Morgan fingerprint density at radius 2 is 2.29 bits per heavy atom. The van der Waals surface area contributed by atoms with E-state index in [1.165, 1.54) is 0 Å². The van der Waals surface area contributed by atoms with E-state index in [-0.39, 0.29) is 11.9 Å². The second-order valence-corrected chi connectivity index (χ2v) is 4.99. The van der Waals surface area contributed by atoms with Gasteiger partial charge < -0.3 is 15.2 Å². The standard InChI is InChI=1S/C15H21N5O/c1-3-5-17-14-9-13(4-6-18-14)15(21)19-12(2)10-20-8-7-16-11-20/h4,6-9,11-12H,3,5,10H2,1-2H3,(H,17,18)(H,19,21). The van der Waals surface area contributed by atoms with Gasteiger partial charge in [-0.05, 0) is 25.5 Å². The van der Waals surface area contributed by atoms with Crippen LogP contribution in [-0.4, -0.2) is 33.0 Å². The Hall–Kier alpha value is -2.37. The molecule has 1 atom stereocenters. The number of carbonyl (C=O) groups excluding carboxylic acids is 1. The number of rotatable bonds is 7. The van der Waals surface area contributed by atoms with Crippen molar-refractivity contribution in [3.05, 3.63) is 42.6 Å². The van der Waals surface area contributed by atoms with Crippen LogP contribution in [0.5, 0.6) is 0 Å². The van der Waals surface area contributed by atoms with E-state index in [1.54, 1.807) is 30.9 Å². The quantitative estimate of drug-likeness (QED) is 0.816. The molecule has 2 heterocycles. The average Bonchev–Trinajstić information content (AvgIpc) is 2.98. The number of hydrogen-bond donors (Lipinski definition) is 2. The van der Waals surface area contributed by atoms with Crippen LogP contribution < -0.4 is 10.6 Å². The van der Waals surface area contributed by atoms with E-state index in [0.29, 0.717) is 12.1 Å². The number of carbonyl (C=O) groups is 1. The zero-order valence-electron chi connectivity index (χ0n) is 12.4. The van der Waals surface area contributed by atoms with Gasteiger partial charge in [0.1, 0.15) is 5.82 Å². The summed E-state index contributed by atoms with van der Waals surface area (Å²) in [5.41, 5.74) is 0.612. The lowest BCUT2D eigenvalue weighted by Gasteiger charge is -2.14. The van der Waals surface area contributed by atoms with E-state index in [9.17, 15) is 4.79 Å². The summed E-state index contributed by atoms with van der Waals surface area (Å²) in [6.07, 6.45) is 8.00. The van der Waals surface area contributed by atoms with Crippen molar-refractivity contribution in [3.63, 3.8) is 0 Å². The predicted molar refractivity (Wildman–Crippen MR) is 82.2 cm³/mol. The van der Waals surface area contributed by atoms with Crippen LogP contribution in [0.4, 0.5) is 5.82 Å². The summed E-state index contributed by atoms with van der Waals surface area (Å²) in [6.45, 7) is 5.59. The molecule has 1 unspecified atom stereocenters. The van der Waals surface area contributed by atoms with Crippen molar-refractivity contribution >= 4 is 11.7 Å². The Morgan fingerprint density at radius 3 is 3.00 bits per heavy atom. The molecular formula is C15H21N5O. The van der Waals surface area contributed by atoms with Crippen LogP contribution in [0.1, 0.15) is 30.6 Å². The Kier molecular flexibility index (Phi) is 5.31. The van der Waals surface area contributed by atoms with E-state index < -0.39 is 0 Å². The van der Waals surface area contributed by atoms with Crippen molar-refractivity contribution in [2.45, 2.75) is 32.9 Å². The summed E-state index contributed by atoms with van der Waals surface area (Å²) in [5, 5.41) is 6.15. The number of nitrogens with zero attached hydrogens (tertiary/aromatic N) is 3. The SMILES string of the molecule is CCCNc1cc(C(=O)NC(C)Cn2ccnc2)ccn1. The van der Waals surface area contributed by atoms with E-state index in [2.05, 4.69) is 27.5 Å². The maximum atomic E-state index is 12.2. The molecule has 0 radical (unpaired) electrons. The second kappa shape index (κ2) is 7.42. The largest absolute Gasteiger partial charge is 0.370 e. The van der Waals surface area contributed by atoms with Gasteiger partial charge in [-0.2, -0.15) is 0 Å². The highest BCUT2D eigenvalue weighted by molar-refractivity contribution is 5.94. The molecule has 0 aliphatic carbocycles. The molecule has 0 saturated carbocycles. The third kappa shape index (κ3) is 4.59. The first-order chi connectivity index (χ1) is 10.2.